The van der Waals surface area contributed by atoms with Crippen LogP contribution in [0.25, 0.3) is 0 Å². The Hall–Kier alpha value is -0.670. The van der Waals surface area contributed by atoms with Crippen molar-refractivity contribution in [1.82, 2.24) is 5.32 Å². The lowest BCUT2D eigenvalue weighted by Crippen LogP contribution is -2.22. The summed E-state index contributed by atoms with van der Waals surface area (Å²) in [4.78, 5) is 0. The average molecular weight is 293 g/mol. The Morgan fingerprint density at radius 1 is 1.40 bits per heavy atom. The summed E-state index contributed by atoms with van der Waals surface area (Å²) in [6.45, 7) is 2.39. The van der Waals surface area contributed by atoms with Gasteiger partial charge >= 0.3 is 0 Å². The predicted molar refractivity (Wildman–Crippen MR) is 88.7 cm³/mol. The third-order valence-electron chi connectivity index (χ3n) is 4.23. The van der Waals surface area contributed by atoms with Crippen molar-refractivity contribution >= 4 is 11.8 Å². The van der Waals surface area contributed by atoms with E-state index in [0.717, 1.165) is 22.7 Å². The van der Waals surface area contributed by atoms with E-state index in [1.165, 1.54) is 31.2 Å². The number of hydrogen-bond acceptors (Lipinski definition) is 3. The van der Waals surface area contributed by atoms with Gasteiger partial charge < -0.3 is 10.1 Å². The smallest absolute Gasteiger partial charge is 0.119 e. The van der Waals surface area contributed by atoms with Crippen LogP contribution in [-0.2, 0) is 0 Å². The highest BCUT2D eigenvalue weighted by molar-refractivity contribution is 7.99. The molecule has 3 atom stereocenters. The summed E-state index contributed by atoms with van der Waals surface area (Å²) >= 11 is 2.14. The number of rotatable bonds is 6. The number of benzene rings is 1. The molecule has 0 saturated heterocycles. The normalized spacial score (nSPS) is 24.4. The summed E-state index contributed by atoms with van der Waals surface area (Å²) in [5.41, 5.74) is 1.32. The zero-order chi connectivity index (χ0) is 14.4. The Labute approximate surface area is 127 Å². The Morgan fingerprint density at radius 2 is 2.25 bits per heavy atom. The highest BCUT2D eigenvalue weighted by Crippen LogP contribution is 2.34. The molecular weight excluding hydrogens is 266 g/mol. The first-order chi connectivity index (χ1) is 9.72. The molecule has 1 aliphatic carbocycles. The van der Waals surface area contributed by atoms with Crippen LogP contribution in [0.4, 0.5) is 0 Å². The van der Waals surface area contributed by atoms with Gasteiger partial charge in [-0.15, -0.1) is 0 Å². The molecule has 3 unspecified atom stereocenters. The van der Waals surface area contributed by atoms with Crippen LogP contribution in [-0.4, -0.2) is 25.2 Å². The van der Waals surface area contributed by atoms with E-state index < -0.39 is 0 Å². The molecule has 1 N–H and O–H groups in total. The molecule has 1 fully saturated rings. The Morgan fingerprint density at radius 3 is 2.95 bits per heavy atom. The van der Waals surface area contributed by atoms with Gasteiger partial charge in [-0.25, -0.2) is 0 Å². The lowest BCUT2D eigenvalue weighted by molar-refractivity contribution is 0.394. The second-order valence-electron chi connectivity index (χ2n) is 5.84. The van der Waals surface area contributed by atoms with Gasteiger partial charge in [0.2, 0.25) is 0 Å². The standard InChI is InChI=1S/C17H27NOS/c1-13-6-4-9-16(10-13)20-12-17(18-2)14-7-5-8-15(11-14)19-3/h5,7-8,11,13,16-18H,4,6,9-10,12H2,1-3H3. The first-order valence-corrected chi connectivity index (χ1v) is 8.70. The number of hydrogen-bond donors (Lipinski definition) is 1. The molecule has 0 aromatic heterocycles. The molecule has 1 aromatic rings. The van der Waals surface area contributed by atoms with E-state index in [9.17, 15) is 0 Å². The summed E-state index contributed by atoms with van der Waals surface area (Å²) in [5, 5.41) is 4.29. The quantitative estimate of drug-likeness (QED) is 0.846. The molecule has 2 nitrogen and oxygen atoms in total. The zero-order valence-corrected chi connectivity index (χ0v) is 13.7. The minimum Gasteiger partial charge on any atom is -0.497 e. The fourth-order valence-corrected chi connectivity index (χ4v) is 4.59. The van der Waals surface area contributed by atoms with Gasteiger partial charge in [0.15, 0.2) is 0 Å². The molecule has 112 valence electrons. The summed E-state index contributed by atoms with van der Waals surface area (Å²) in [5.74, 6) is 2.99. The van der Waals surface area contributed by atoms with Gasteiger partial charge in [0.25, 0.3) is 0 Å². The van der Waals surface area contributed by atoms with E-state index >= 15 is 0 Å². The van der Waals surface area contributed by atoms with Gasteiger partial charge in [-0.05, 0) is 43.5 Å². The van der Waals surface area contributed by atoms with Crippen LogP contribution in [0.1, 0.15) is 44.2 Å². The second kappa shape index (κ2) is 7.94. The maximum absolute atomic E-state index is 5.32. The maximum atomic E-state index is 5.32. The van der Waals surface area contributed by atoms with Crippen molar-refractivity contribution in [2.45, 2.75) is 43.9 Å². The molecule has 20 heavy (non-hydrogen) atoms. The monoisotopic (exact) mass is 293 g/mol. The van der Waals surface area contributed by atoms with E-state index in [-0.39, 0.29) is 0 Å². The van der Waals surface area contributed by atoms with Crippen LogP contribution in [0.5, 0.6) is 5.75 Å². The van der Waals surface area contributed by atoms with Crippen LogP contribution in [0, 0.1) is 5.92 Å². The lowest BCUT2D eigenvalue weighted by atomic mass is 9.91. The van der Waals surface area contributed by atoms with E-state index in [0.29, 0.717) is 6.04 Å². The third-order valence-corrected chi connectivity index (χ3v) is 5.66. The zero-order valence-electron chi connectivity index (χ0n) is 12.9. The molecule has 0 aliphatic heterocycles. The minimum absolute atomic E-state index is 0.410. The molecule has 0 heterocycles. The van der Waals surface area contributed by atoms with Crippen molar-refractivity contribution in [3.63, 3.8) is 0 Å². The first kappa shape index (κ1) is 15.7. The van der Waals surface area contributed by atoms with E-state index in [1.54, 1.807) is 7.11 Å². The Balaban J connectivity index is 1.91. The van der Waals surface area contributed by atoms with Crippen LogP contribution in [0.3, 0.4) is 0 Å². The van der Waals surface area contributed by atoms with Gasteiger partial charge in [-0.3, -0.25) is 0 Å². The second-order valence-corrected chi connectivity index (χ2v) is 7.18. The van der Waals surface area contributed by atoms with Crippen LogP contribution in [0.15, 0.2) is 24.3 Å². The van der Waals surface area contributed by atoms with Crippen molar-refractivity contribution < 1.29 is 4.74 Å². The summed E-state index contributed by atoms with van der Waals surface area (Å²) in [6, 6.07) is 8.82. The molecule has 3 heteroatoms. The Bertz CT molecular complexity index is 410. The molecular formula is C17H27NOS. The highest BCUT2D eigenvalue weighted by atomic mass is 32.2. The summed E-state index contributed by atoms with van der Waals surface area (Å²) in [6.07, 6.45) is 5.60. The molecule has 1 aromatic carbocycles. The Kier molecular flexibility index (Phi) is 6.24. The van der Waals surface area contributed by atoms with Crippen LogP contribution >= 0.6 is 11.8 Å². The van der Waals surface area contributed by atoms with E-state index in [1.807, 2.05) is 13.1 Å². The molecule has 0 spiro atoms. The molecule has 0 bridgehead atoms. The van der Waals surface area contributed by atoms with Gasteiger partial charge in [0.05, 0.1) is 7.11 Å². The first-order valence-electron chi connectivity index (χ1n) is 7.65. The molecule has 0 radical (unpaired) electrons. The lowest BCUT2D eigenvalue weighted by Gasteiger charge is -2.28. The number of methoxy groups -OCH3 is 1. The van der Waals surface area contributed by atoms with E-state index in [4.69, 9.17) is 4.74 Å². The third kappa shape index (κ3) is 4.42. The SMILES string of the molecule is CNC(CSC1CCCC(C)C1)c1cccc(OC)c1. The van der Waals surface area contributed by atoms with Crippen LogP contribution < -0.4 is 10.1 Å². The minimum atomic E-state index is 0.410. The van der Waals surface area contributed by atoms with Gasteiger partial charge in [-0.2, -0.15) is 11.8 Å². The number of thioether (sulfide) groups is 1. The van der Waals surface area contributed by atoms with Crippen LogP contribution in [0.2, 0.25) is 0 Å². The maximum Gasteiger partial charge on any atom is 0.119 e. The van der Waals surface area contributed by atoms with Gasteiger partial charge in [-0.1, -0.05) is 31.9 Å². The molecule has 2 rings (SSSR count). The van der Waals surface area contributed by atoms with Crippen molar-refractivity contribution in [1.29, 1.82) is 0 Å². The van der Waals surface area contributed by atoms with Crippen molar-refractivity contribution in [3.05, 3.63) is 29.8 Å². The summed E-state index contributed by atoms with van der Waals surface area (Å²) < 4.78 is 5.32. The molecule has 1 aliphatic rings. The van der Waals surface area contributed by atoms with E-state index in [2.05, 4.69) is 42.2 Å². The number of ether oxygens (including phenoxy) is 1. The average Bonchev–Trinajstić information content (AvgIpc) is 2.48. The van der Waals surface area contributed by atoms with Crippen molar-refractivity contribution in [3.8, 4) is 5.75 Å². The predicted octanol–water partition coefficient (Wildman–Crippen LogP) is 4.27. The molecule has 0 amide bonds. The fourth-order valence-electron chi connectivity index (χ4n) is 2.97. The fraction of sp³-hybridized carbons (Fsp3) is 0.647. The largest absolute Gasteiger partial charge is 0.497 e. The summed E-state index contributed by atoms with van der Waals surface area (Å²) in [7, 11) is 3.78. The van der Waals surface area contributed by atoms with Crippen molar-refractivity contribution in [2.24, 2.45) is 5.92 Å². The van der Waals surface area contributed by atoms with Gasteiger partial charge in [0.1, 0.15) is 5.75 Å². The topological polar surface area (TPSA) is 21.3 Å². The van der Waals surface area contributed by atoms with Crippen molar-refractivity contribution in [2.75, 3.05) is 19.9 Å². The van der Waals surface area contributed by atoms with Gasteiger partial charge in [0, 0.05) is 17.0 Å². The number of nitrogens with one attached hydrogen (secondary N) is 1. The molecule has 1 saturated carbocycles. The highest BCUT2D eigenvalue weighted by Gasteiger charge is 2.20.